The number of hydrogen-bond donors (Lipinski definition) is 2. The lowest BCUT2D eigenvalue weighted by molar-refractivity contribution is 0.422. The minimum atomic E-state index is -1.74. The Morgan fingerprint density at radius 3 is 2.42 bits per heavy atom. The van der Waals surface area contributed by atoms with Crippen LogP contribution in [-0.4, -0.2) is 17.2 Å². The van der Waals surface area contributed by atoms with Crippen molar-refractivity contribution >= 4 is 35.2 Å². The monoisotopic (exact) mass is 280 g/mol. The Kier molecular flexibility index (Phi) is 3.08. The third-order valence-corrected chi connectivity index (χ3v) is 3.01. The van der Waals surface area contributed by atoms with Crippen LogP contribution in [0.3, 0.4) is 0 Å². The predicted molar refractivity (Wildman–Crippen MR) is 53.7 cm³/mol. The summed E-state index contributed by atoms with van der Waals surface area (Å²) in [6, 6.07) is 2.83. The highest BCUT2D eigenvalue weighted by Crippen LogP contribution is 2.10. The molecular formula is C7H7BFIO2. The smallest absolute Gasteiger partial charge is 0.423 e. The summed E-state index contributed by atoms with van der Waals surface area (Å²) in [6.45, 7) is 1.78. The summed E-state index contributed by atoms with van der Waals surface area (Å²) in [7, 11) is -1.74. The molecule has 1 rings (SSSR count). The summed E-state index contributed by atoms with van der Waals surface area (Å²) < 4.78 is 13.5. The van der Waals surface area contributed by atoms with Crippen LogP contribution >= 0.6 is 22.6 Å². The SMILES string of the molecule is Cc1ccc(F)c(B(O)O)c1I. The van der Waals surface area contributed by atoms with Crippen LogP contribution in [0.4, 0.5) is 4.39 Å². The van der Waals surface area contributed by atoms with Crippen LogP contribution in [0, 0.1) is 16.3 Å². The maximum atomic E-state index is 13.0. The first-order valence-corrected chi connectivity index (χ1v) is 4.42. The van der Waals surface area contributed by atoms with Crippen molar-refractivity contribution in [1.82, 2.24) is 0 Å². The molecule has 0 spiro atoms. The molecule has 0 heterocycles. The Hall–Kier alpha value is -0.135. The lowest BCUT2D eigenvalue weighted by Gasteiger charge is -2.06. The third-order valence-electron chi connectivity index (χ3n) is 1.58. The molecule has 2 nitrogen and oxygen atoms in total. The van der Waals surface area contributed by atoms with E-state index in [0.717, 1.165) is 5.56 Å². The molecule has 12 heavy (non-hydrogen) atoms. The first kappa shape index (κ1) is 9.95. The molecular weight excluding hydrogens is 273 g/mol. The zero-order chi connectivity index (χ0) is 9.30. The van der Waals surface area contributed by atoms with Gasteiger partial charge in [0, 0.05) is 9.03 Å². The molecule has 0 fully saturated rings. The third kappa shape index (κ3) is 1.78. The van der Waals surface area contributed by atoms with E-state index in [4.69, 9.17) is 10.0 Å². The van der Waals surface area contributed by atoms with Gasteiger partial charge >= 0.3 is 7.12 Å². The average Bonchev–Trinajstić information content (AvgIpc) is 1.97. The molecule has 0 aromatic heterocycles. The molecule has 0 aliphatic carbocycles. The number of hydrogen-bond acceptors (Lipinski definition) is 2. The van der Waals surface area contributed by atoms with Gasteiger partial charge in [0.1, 0.15) is 5.82 Å². The van der Waals surface area contributed by atoms with E-state index in [2.05, 4.69) is 0 Å². The Morgan fingerprint density at radius 1 is 1.42 bits per heavy atom. The molecule has 0 bridgehead atoms. The standard InChI is InChI=1S/C7H7BFIO2/c1-4-2-3-5(9)6(7(4)10)8(11)12/h2-3,11-12H,1H3. The Balaban J connectivity index is 3.33. The highest BCUT2D eigenvalue weighted by molar-refractivity contribution is 14.1. The molecule has 1 aromatic carbocycles. The van der Waals surface area contributed by atoms with Gasteiger partial charge in [-0.1, -0.05) is 6.07 Å². The molecule has 0 unspecified atom stereocenters. The number of halogens is 2. The van der Waals surface area contributed by atoms with Crippen LogP contribution < -0.4 is 5.46 Å². The summed E-state index contributed by atoms with van der Waals surface area (Å²) in [6.07, 6.45) is 0. The zero-order valence-electron chi connectivity index (χ0n) is 6.38. The van der Waals surface area contributed by atoms with E-state index < -0.39 is 12.9 Å². The van der Waals surface area contributed by atoms with E-state index in [9.17, 15) is 4.39 Å². The fourth-order valence-corrected chi connectivity index (χ4v) is 1.63. The van der Waals surface area contributed by atoms with Crippen LogP contribution in [0.5, 0.6) is 0 Å². The largest absolute Gasteiger partial charge is 0.492 e. The van der Waals surface area contributed by atoms with Gasteiger partial charge in [0.2, 0.25) is 0 Å². The van der Waals surface area contributed by atoms with Crippen LogP contribution in [0.1, 0.15) is 5.56 Å². The molecule has 0 radical (unpaired) electrons. The van der Waals surface area contributed by atoms with Gasteiger partial charge in [0.05, 0.1) is 0 Å². The van der Waals surface area contributed by atoms with E-state index in [0.29, 0.717) is 3.57 Å². The summed E-state index contributed by atoms with van der Waals surface area (Å²) in [5.41, 5.74) is 0.788. The minimum Gasteiger partial charge on any atom is -0.423 e. The van der Waals surface area contributed by atoms with Crippen molar-refractivity contribution < 1.29 is 14.4 Å². The van der Waals surface area contributed by atoms with Gasteiger partial charge in [-0.05, 0) is 41.1 Å². The molecule has 5 heteroatoms. The van der Waals surface area contributed by atoms with E-state index in [1.165, 1.54) is 6.07 Å². The van der Waals surface area contributed by atoms with Crippen molar-refractivity contribution in [1.29, 1.82) is 0 Å². The lowest BCUT2D eigenvalue weighted by Crippen LogP contribution is -2.35. The Morgan fingerprint density at radius 2 is 2.00 bits per heavy atom. The average molecular weight is 280 g/mol. The topological polar surface area (TPSA) is 40.5 Å². The van der Waals surface area contributed by atoms with Crippen LogP contribution in [0.2, 0.25) is 0 Å². The van der Waals surface area contributed by atoms with Gasteiger partial charge in [-0.2, -0.15) is 0 Å². The first-order valence-electron chi connectivity index (χ1n) is 3.34. The first-order chi connectivity index (χ1) is 5.54. The second kappa shape index (κ2) is 3.72. The minimum absolute atomic E-state index is 0.0457. The summed E-state index contributed by atoms with van der Waals surface area (Å²) in [5.74, 6) is -0.583. The summed E-state index contributed by atoms with van der Waals surface area (Å²) in [4.78, 5) is 0. The van der Waals surface area contributed by atoms with Crippen molar-refractivity contribution in [3.8, 4) is 0 Å². The zero-order valence-corrected chi connectivity index (χ0v) is 8.54. The number of rotatable bonds is 1. The lowest BCUT2D eigenvalue weighted by atomic mass is 9.79. The van der Waals surface area contributed by atoms with Crippen molar-refractivity contribution in [2.75, 3.05) is 0 Å². The van der Waals surface area contributed by atoms with Gasteiger partial charge in [-0.15, -0.1) is 0 Å². The molecule has 0 aliphatic heterocycles. The van der Waals surface area contributed by atoms with E-state index in [-0.39, 0.29) is 5.46 Å². The predicted octanol–water partition coefficient (Wildman–Crippen LogP) is 0.419. The van der Waals surface area contributed by atoms with Crippen LogP contribution in [0.25, 0.3) is 0 Å². The van der Waals surface area contributed by atoms with Gasteiger partial charge in [-0.25, -0.2) is 4.39 Å². The fraction of sp³-hybridized carbons (Fsp3) is 0.143. The number of aryl methyl sites for hydroxylation is 1. The van der Waals surface area contributed by atoms with E-state index in [1.54, 1.807) is 13.0 Å². The molecule has 0 amide bonds. The normalized spacial score (nSPS) is 10.1. The van der Waals surface area contributed by atoms with Crippen molar-refractivity contribution in [2.45, 2.75) is 6.92 Å². The summed E-state index contributed by atoms with van der Waals surface area (Å²) in [5, 5.41) is 17.6. The van der Waals surface area contributed by atoms with Gasteiger partial charge in [0.15, 0.2) is 0 Å². The molecule has 0 aliphatic rings. The molecule has 0 saturated heterocycles. The van der Waals surface area contributed by atoms with Crippen LogP contribution in [0.15, 0.2) is 12.1 Å². The van der Waals surface area contributed by atoms with Crippen molar-refractivity contribution in [3.05, 3.63) is 27.1 Å². The number of benzene rings is 1. The quantitative estimate of drug-likeness (QED) is 0.578. The highest BCUT2D eigenvalue weighted by Gasteiger charge is 2.20. The molecule has 1 aromatic rings. The van der Waals surface area contributed by atoms with Gasteiger partial charge in [-0.3, -0.25) is 0 Å². The Labute approximate surface area is 83.7 Å². The summed E-state index contributed by atoms with van der Waals surface area (Å²) >= 11 is 1.89. The second-order valence-corrected chi connectivity index (χ2v) is 3.54. The maximum Gasteiger partial charge on any atom is 0.492 e. The van der Waals surface area contributed by atoms with Crippen molar-refractivity contribution in [2.24, 2.45) is 0 Å². The Bertz CT molecular complexity index is 304. The second-order valence-electron chi connectivity index (χ2n) is 2.47. The molecule has 64 valence electrons. The molecule has 2 N–H and O–H groups in total. The van der Waals surface area contributed by atoms with Gasteiger partial charge in [0.25, 0.3) is 0 Å². The van der Waals surface area contributed by atoms with Gasteiger partial charge < -0.3 is 10.0 Å². The van der Waals surface area contributed by atoms with E-state index >= 15 is 0 Å². The van der Waals surface area contributed by atoms with E-state index in [1.807, 2.05) is 22.6 Å². The maximum absolute atomic E-state index is 13.0. The molecule has 0 saturated carbocycles. The molecule has 0 atom stereocenters. The highest BCUT2D eigenvalue weighted by atomic mass is 127. The van der Waals surface area contributed by atoms with Crippen molar-refractivity contribution in [3.63, 3.8) is 0 Å². The fourth-order valence-electron chi connectivity index (χ4n) is 0.915. The van der Waals surface area contributed by atoms with Crippen LogP contribution in [-0.2, 0) is 0 Å².